The first-order valence-corrected chi connectivity index (χ1v) is 5.79. The van der Waals surface area contributed by atoms with Crippen LogP contribution in [0.5, 0.6) is 11.5 Å². The van der Waals surface area contributed by atoms with Crippen LogP contribution in [0.4, 0.5) is 5.95 Å². The van der Waals surface area contributed by atoms with Crippen molar-refractivity contribution in [1.29, 1.82) is 0 Å². The summed E-state index contributed by atoms with van der Waals surface area (Å²) in [4.78, 5) is 8.12. The van der Waals surface area contributed by atoms with Gasteiger partial charge in [-0.1, -0.05) is 23.7 Å². The fraction of sp³-hybridized carbons (Fsp3) is 0.167. The molecule has 0 amide bonds. The Labute approximate surface area is 109 Å². The molecule has 0 radical (unpaired) electrons. The van der Waals surface area contributed by atoms with Crippen molar-refractivity contribution in [3.05, 3.63) is 41.2 Å². The van der Waals surface area contributed by atoms with Gasteiger partial charge in [0.15, 0.2) is 11.5 Å². The smallest absolute Gasteiger partial charge is 0.231 e. The summed E-state index contributed by atoms with van der Waals surface area (Å²) in [5, 5.41) is 3.61. The van der Waals surface area contributed by atoms with Crippen molar-refractivity contribution < 1.29 is 9.47 Å². The Morgan fingerprint density at radius 3 is 2.89 bits per heavy atom. The van der Waals surface area contributed by atoms with Crippen LogP contribution in [0.2, 0.25) is 5.02 Å². The SMILES string of the molecule is Clc1cnc(NCc2cccc3c2OCO3)nc1. The number of benzene rings is 1. The molecule has 1 aliphatic rings. The van der Waals surface area contributed by atoms with Crippen molar-refractivity contribution in [2.24, 2.45) is 0 Å². The third-order valence-corrected chi connectivity index (χ3v) is 2.73. The van der Waals surface area contributed by atoms with Crippen molar-refractivity contribution in [2.75, 3.05) is 12.1 Å². The molecule has 0 spiro atoms. The third kappa shape index (κ3) is 2.17. The number of anilines is 1. The summed E-state index contributed by atoms with van der Waals surface area (Å²) >= 11 is 5.72. The normalized spacial score (nSPS) is 12.5. The fourth-order valence-electron chi connectivity index (χ4n) is 1.71. The number of hydrogen-bond donors (Lipinski definition) is 1. The quantitative estimate of drug-likeness (QED) is 0.922. The van der Waals surface area contributed by atoms with Crippen molar-refractivity contribution in [3.63, 3.8) is 0 Å². The number of fused-ring (bicyclic) bond motifs is 1. The number of nitrogens with one attached hydrogen (secondary N) is 1. The highest BCUT2D eigenvalue weighted by Crippen LogP contribution is 2.35. The van der Waals surface area contributed by atoms with Gasteiger partial charge in [0.2, 0.25) is 12.7 Å². The van der Waals surface area contributed by atoms with Gasteiger partial charge < -0.3 is 14.8 Å². The summed E-state index contributed by atoms with van der Waals surface area (Å²) < 4.78 is 10.7. The van der Waals surface area contributed by atoms with Crippen molar-refractivity contribution >= 4 is 17.5 Å². The fourth-order valence-corrected chi connectivity index (χ4v) is 1.81. The summed E-state index contributed by atoms with van der Waals surface area (Å²) in [6.07, 6.45) is 3.10. The molecule has 1 aromatic heterocycles. The van der Waals surface area contributed by atoms with Crippen molar-refractivity contribution in [1.82, 2.24) is 9.97 Å². The highest BCUT2D eigenvalue weighted by molar-refractivity contribution is 6.30. The van der Waals surface area contributed by atoms with Gasteiger partial charge in [-0.15, -0.1) is 0 Å². The van der Waals surface area contributed by atoms with Crippen LogP contribution in [0.25, 0.3) is 0 Å². The number of nitrogens with zero attached hydrogens (tertiary/aromatic N) is 2. The number of hydrogen-bond acceptors (Lipinski definition) is 5. The molecule has 92 valence electrons. The molecule has 0 bridgehead atoms. The predicted octanol–water partition coefficient (Wildman–Crippen LogP) is 2.47. The zero-order valence-electron chi connectivity index (χ0n) is 9.39. The number of para-hydroxylation sites is 1. The molecular formula is C12H10ClN3O2. The van der Waals surface area contributed by atoms with Gasteiger partial charge in [-0.25, -0.2) is 9.97 Å². The van der Waals surface area contributed by atoms with Crippen LogP contribution >= 0.6 is 11.6 Å². The van der Waals surface area contributed by atoms with E-state index in [-0.39, 0.29) is 6.79 Å². The van der Waals surface area contributed by atoms with Gasteiger partial charge in [-0.3, -0.25) is 0 Å². The number of ether oxygens (including phenoxy) is 2. The topological polar surface area (TPSA) is 56.3 Å². The molecule has 5 nitrogen and oxygen atoms in total. The largest absolute Gasteiger partial charge is 0.454 e. The van der Waals surface area contributed by atoms with E-state index in [2.05, 4.69) is 15.3 Å². The van der Waals surface area contributed by atoms with E-state index >= 15 is 0 Å². The van der Waals surface area contributed by atoms with Gasteiger partial charge in [0.05, 0.1) is 17.4 Å². The highest BCUT2D eigenvalue weighted by atomic mass is 35.5. The molecular weight excluding hydrogens is 254 g/mol. The molecule has 0 saturated carbocycles. The third-order valence-electron chi connectivity index (χ3n) is 2.54. The Morgan fingerprint density at radius 1 is 1.22 bits per heavy atom. The molecule has 1 N–H and O–H groups in total. The number of rotatable bonds is 3. The first-order chi connectivity index (χ1) is 8.83. The zero-order chi connectivity index (χ0) is 12.4. The van der Waals surface area contributed by atoms with Crippen LogP contribution in [-0.2, 0) is 6.54 Å². The van der Waals surface area contributed by atoms with E-state index in [1.807, 2.05) is 18.2 Å². The minimum absolute atomic E-state index is 0.268. The second-order valence-corrected chi connectivity index (χ2v) is 4.17. The van der Waals surface area contributed by atoms with E-state index < -0.39 is 0 Å². The lowest BCUT2D eigenvalue weighted by molar-refractivity contribution is 0.173. The van der Waals surface area contributed by atoms with Gasteiger partial charge in [0.1, 0.15) is 0 Å². The van der Waals surface area contributed by atoms with Crippen LogP contribution in [0.3, 0.4) is 0 Å². The lowest BCUT2D eigenvalue weighted by Gasteiger charge is -2.07. The second kappa shape index (κ2) is 4.70. The molecule has 0 fully saturated rings. The van der Waals surface area contributed by atoms with Crippen LogP contribution in [0.1, 0.15) is 5.56 Å². The molecule has 1 aliphatic heterocycles. The van der Waals surface area contributed by atoms with Crippen LogP contribution in [0.15, 0.2) is 30.6 Å². The monoisotopic (exact) mass is 263 g/mol. The molecule has 18 heavy (non-hydrogen) atoms. The van der Waals surface area contributed by atoms with Crippen LogP contribution in [-0.4, -0.2) is 16.8 Å². The van der Waals surface area contributed by atoms with Gasteiger partial charge in [0, 0.05) is 12.1 Å². The van der Waals surface area contributed by atoms with E-state index in [1.54, 1.807) is 12.4 Å². The average molecular weight is 264 g/mol. The van der Waals surface area contributed by atoms with E-state index in [9.17, 15) is 0 Å². The molecule has 2 aromatic rings. The van der Waals surface area contributed by atoms with Gasteiger partial charge in [0.25, 0.3) is 0 Å². The summed E-state index contributed by atoms with van der Waals surface area (Å²) in [5.41, 5.74) is 1.00. The lowest BCUT2D eigenvalue weighted by atomic mass is 10.2. The van der Waals surface area contributed by atoms with E-state index in [0.717, 1.165) is 17.1 Å². The van der Waals surface area contributed by atoms with E-state index in [0.29, 0.717) is 17.5 Å². The minimum atomic E-state index is 0.268. The highest BCUT2D eigenvalue weighted by Gasteiger charge is 2.16. The molecule has 0 unspecified atom stereocenters. The van der Waals surface area contributed by atoms with Crippen LogP contribution < -0.4 is 14.8 Å². The molecule has 1 aromatic carbocycles. The summed E-state index contributed by atoms with van der Waals surface area (Å²) in [6, 6.07) is 5.77. The zero-order valence-corrected chi connectivity index (χ0v) is 10.1. The summed E-state index contributed by atoms with van der Waals surface area (Å²) in [6.45, 7) is 0.831. The Kier molecular flexibility index (Phi) is 2.90. The molecule has 2 heterocycles. The average Bonchev–Trinajstić information content (AvgIpc) is 2.87. The predicted molar refractivity (Wildman–Crippen MR) is 66.9 cm³/mol. The molecule has 0 atom stereocenters. The van der Waals surface area contributed by atoms with Gasteiger partial charge in [-0.05, 0) is 6.07 Å². The number of aromatic nitrogens is 2. The molecule has 3 rings (SSSR count). The summed E-state index contributed by atoms with van der Waals surface area (Å²) in [5.74, 6) is 2.07. The Morgan fingerprint density at radius 2 is 2.06 bits per heavy atom. The molecule has 0 saturated heterocycles. The Balaban J connectivity index is 1.74. The van der Waals surface area contributed by atoms with Crippen molar-refractivity contribution in [2.45, 2.75) is 6.54 Å². The van der Waals surface area contributed by atoms with Crippen LogP contribution in [0, 0.1) is 0 Å². The second-order valence-electron chi connectivity index (χ2n) is 3.73. The summed E-state index contributed by atoms with van der Waals surface area (Å²) in [7, 11) is 0. The standard InChI is InChI=1S/C12H10ClN3O2/c13-9-5-15-12(16-6-9)14-4-8-2-1-3-10-11(8)18-7-17-10/h1-3,5-6H,4,7H2,(H,14,15,16). The van der Waals surface area contributed by atoms with E-state index in [1.165, 1.54) is 0 Å². The maximum absolute atomic E-state index is 5.72. The Hall–Kier alpha value is -2.01. The van der Waals surface area contributed by atoms with Gasteiger partial charge >= 0.3 is 0 Å². The minimum Gasteiger partial charge on any atom is -0.454 e. The first-order valence-electron chi connectivity index (χ1n) is 5.42. The van der Waals surface area contributed by atoms with E-state index in [4.69, 9.17) is 21.1 Å². The lowest BCUT2D eigenvalue weighted by Crippen LogP contribution is -2.04. The Bertz CT molecular complexity index is 560. The maximum Gasteiger partial charge on any atom is 0.231 e. The first kappa shape index (κ1) is 11.1. The maximum atomic E-state index is 5.72. The number of halogens is 1. The molecule has 0 aliphatic carbocycles. The van der Waals surface area contributed by atoms with Gasteiger partial charge in [-0.2, -0.15) is 0 Å². The molecule has 6 heteroatoms. The van der Waals surface area contributed by atoms with Crippen molar-refractivity contribution in [3.8, 4) is 11.5 Å².